The molecule has 0 unspecified atom stereocenters. The zero-order valence-electron chi connectivity index (χ0n) is 8.08. The molecule has 3 heteroatoms. The van der Waals surface area contributed by atoms with Gasteiger partial charge in [0.25, 0.3) is 0 Å². The highest BCUT2D eigenvalue weighted by Gasteiger charge is 2.26. The summed E-state index contributed by atoms with van der Waals surface area (Å²) in [7, 11) is 0. The lowest BCUT2D eigenvalue weighted by Gasteiger charge is -2.28. The molecule has 0 amide bonds. The van der Waals surface area contributed by atoms with Crippen molar-refractivity contribution >= 4 is 12.4 Å². The van der Waals surface area contributed by atoms with Crippen molar-refractivity contribution < 1.29 is 4.74 Å². The fraction of sp³-hybridized carbons (Fsp3) is 1.00. The fourth-order valence-electron chi connectivity index (χ4n) is 1.88. The third-order valence-corrected chi connectivity index (χ3v) is 3.00. The minimum Gasteiger partial charge on any atom is -0.376 e. The van der Waals surface area contributed by atoms with Crippen LogP contribution in [0.15, 0.2) is 0 Å². The largest absolute Gasteiger partial charge is 0.376 e. The van der Waals surface area contributed by atoms with Crippen LogP contribution in [0.25, 0.3) is 0 Å². The van der Waals surface area contributed by atoms with E-state index in [4.69, 9.17) is 10.5 Å². The Hall–Kier alpha value is 0.210. The maximum atomic E-state index is 5.96. The first-order valence-corrected chi connectivity index (χ1v) is 5.23. The molecule has 0 aliphatic heterocycles. The van der Waals surface area contributed by atoms with Crippen molar-refractivity contribution in [2.75, 3.05) is 6.61 Å². The minimum absolute atomic E-state index is 0. The van der Waals surface area contributed by atoms with Crippen molar-refractivity contribution in [2.45, 2.75) is 50.7 Å². The Morgan fingerprint density at radius 1 is 1.08 bits per heavy atom. The smallest absolute Gasteiger partial charge is 0.0726 e. The molecule has 0 spiro atoms. The van der Waals surface area contributed by atoms with Crippen molar-refractivity contribution in [3.05, 3.63) is 0 Å². The van der Waals surface area contributed by atoms with Crippen molar-refractivity contribution in [2.24, 2.45) is 11.7 Å². The van der Waals surface area contributed by atoms with Crippen molar-refractivity contribution in [3.63, 3.8) is 0 Å². The van der Waals surface area contributed by atoms with E-state index in [1.54, 1.807) is 0 Å². The van der Waals surface area contributed by atoms with Gasteiger partial charge in [0.2, 0.25) is 0 Å². The molecular weight excluding hydrogens is 186 g/mol. The van der Waals surface area contributed by atoms with Gasteiger partial charge in [-0.25, -0.2) is 0 Å². The molecule has 2 aliphatic rings. The Morgan fingerprint density at radius 2 is 1.77 bits per heavy atom. The van der Waals surface area contributed by atoms with Crippen LogP contribution < -0.4 is 5.73 Å². The Kier molecular flexibility index (Phi) is 4.50. The van der Waals surface area contributed by atoms with Crippen LogP contribution in [0.5, 0.6) is 0 Å². The van der Waals surface area contributed by atoms with Gasteiger partial charge >= 0.3 is 0 Å². The molecule has 0 aromatic rings. The molecule has 78 valence electrons. The van der Waals surface area contributed by atoms with E-state index < -0.39 is 0 Å². The van der Waals surface area contributed by atoms with Crippen LogP contribution in [-0.2, 0) is 4.74 Å². The second-order valence-corrected chi connectivity index (χ2v) is 4.26. The normalized spacial score (nSPS) is 33.9. The van der Waals surface area contributed by atoms with Gasteiger partial charge in [0.05, 0.1) is 6.10 Å². The van der Waals surface area contributed by atoms with E-state index in [0.29, 0.717) is 12.1 Å². The molecule has 0 aromatic carbocycles. The lowest BCUT2D eigenvalue weighted by Crippen LogP contribution is -2.39. The number of ether oxygens (including phenoxy) is 1. The van der Waals surface area contributed by atoms with Gasteiger partial charge in [-0.2, -0.15) is 0 Å². The van der Waals surface area contributed by atoms with Gasteiger partial charge in [-0.05, 0) is 31.6 Å². The van der Waals surface area contributed by atoms with Gasteiger partial charge in [-0.1, -0.05) is 12.8 Å². The van der Waals surface area contributed by atoms with Gasteiger partial charge in [0.1, 0.15) is 0 Å². The zero-order chi connectivity index (χ0) is 8.39. The number of halogens is 1. The first-order chi connectivity index (χ1) is 5.86. The van der Waals surface area contributed by atoms with E-state index in [9.17, 15) is 0 Å². The number of rotatable bonds is 3. The summed E-state index contributed by atoms with van der Waals surface area (Å²) < 4.78 is 5.79. The standard InChI is InChI=1S/C10H19NO.ClH/c11-9-3-1-2-4-10(9)12-7-8-5-6-8;/h8-10H,1-7,11H2;1H/t9-,10+;/m0./s1. The topological polar surface area (TPSA) is 35.2 Å². The SMILES string of the molecule is Cl.N[C@H]1CCCC[C@H]1OCC1CC1. The van der Waals surface area contributed by atoms with E-state index in [2.05, 4.69) is 0 Å². The van der Waals surface area contributed by atoms with Gasteiger partial charge in [0.15, 0.2) is 0 Å². The average Bonchev–Trinajstić information content (AvgIpc) is 2.86. The Morgan fingerprint density at radius 3 is 2.38 bits per heavy atom. The summed E-state index contributed by atoms with van der Waals surface area (Å²) in [5.74, 6) is 0.874. The maximum Gasteiger partial charge on any atom is 0.0726 e. The average molecular weight is 206 g/mol. The van der Waals surface area contributed by atoms with E-state index in [1.165, 1.54) is 32.1 Å². The van der Waals surface area contributed by atoms with Crippen LogP contribution in [-0.4, -0.2) is 18.8 Å². The molecule has 2 nitrogen and oxygen atoms in total. The molecule has 0 heterocycles. The molecule has 2 N–H and O–H groups in total. The van der Waals surface area contributed by atoms with Crippen LogP contribution in [0.4, 0.5) is 0 Å². The summed E-state index contributed by atoms with van der Waals surface area (Å²) in [5.41, 5.74) is 5.96. The Labute approximate surface area is 86.6 Å². The van der Waals surface area contributed by atoms with Gasteiger partial charge < -0.3 is 10.5 Å². The number of hydrogen-bond donors (Lipinski definition) is 1. The van der Waals surface area contributed by atoms with Crippen molar-refractivity contribution in [1.82, 2.24) is 0 Å². The van der Waals surface area contributed by atoms with Gasteiger partial charge in [-0.3, -0.25) is 0 Å². The van der Waals surface area contributed by atoms with E-state index in [-0.39, 0.29) is 12.4 Å². The van der Waals surface area contributed by atoms with Crippen LogP contribution in [0, 0.1) is 5.92 Å². The van der Waals surface area contributed by atoms with Crippen LogP contribution >= 0.6 is 12.4 Å². The second-order valence-electron chi connectivity index (χ2n) is 4.26. The lowest BCUT2D eigenvalue weighted by molar-refractivity contribution is 0.00939. The molecule has 13 heavy (non-hydrogen) atoms. The lowest BCUT2D eigenvalue weighted by atomic mass is 9.93. The summed E-state index contributed by atoms with van der Waals surface area (Å²) in [6.07, 6.45) is 8.08. The quantitative estimate of drug-likeness (QED) is 0.766. The molecule has 2 saturated carbocycles. The summed E-state index contributed by atoms with van der Waals surface area (Å²) in [5, 5.41) is 0. The first kappa shape index (κ1) is 11.3. The summed E-state index contributed by atoms with van der Waals surface area (Å²) >= 11 is 0. The number of nitrogens with two attached hydrogens (primary N) is 1. The first-order valence-electron chi connectivity index (χ1n) is 5.23. The summed E-state index contributed by atoms with van der Waals surface area (Å²) in [4.78, 5) is 0. The van der Waals surface area contributed by atoms with Gasteiger partial charge in [-0.15, -0.1) is 12.4 Å². The van der Waals surface area contributed by atoms with Crippen LogP contribution in [0.2, 0.25) is 0 Å². The molecule has 2 fully saturated rings. The second kappa shape index (κ2) is 5.18. The summed E-state index contributed by atoms with van der Waals surface area (Å²) in [6.45, 7) is 0.971. The van der Waals surface area contributed by atoms with E-state index in [0.717, 1.165) is 18.9 Å². The molecule has 0 aromatic heterocycles. The van der Waals surface area contributed by atoms with Crippen LogP contribution in [0.3, 0.4) is 0 Å². The number of hydrogen-bond acceptors (Lipinski definition) is 2. The zero-order valence-corrected chi connectivity index (χ0v) is 8.89. The highest BCUT2D eigenvalue weighted by atomic mass is 35.5. The Balaban J connectivity index is 0.000000845. The molecule has 2 rings (SSSR count). The Bertz CT molecular complexity index is 150. The predicted octanol–water partition coefficient (Wildman–Crippen LogP) is 2.10. The third-order valence-electron chi connectivity index (χ3n) is 3.00. The van der Waals surface area contributed by atoms with E-state index >= 15 is 0 Å². The third kappa shape index (κ3) is 3.45. The van der Waals surface area contributed by atoms with Gasteiger partial charge in [0, 0.05) is 12.6 Å². The maximum absolute atomic E-state index is 5.96. The highest BCUT2D eigenvalue weighted by Crippen LogP contribution is 2.30. The van der Waals surface area contributed by atoms with Crippen molar-refractivity contribution in [3.8, 4) is 0 Å². The molecular formula is C10H20ClNO. The highest BCUT2D eigenvalue weighted by molar-refractivity contribution is 5.85. The van der Waals surface area contributed by atoms with Crippen molar-refractivity contribution in [1.29, 1.82) is 0 Å². The molecule has 2 atom stereocenters. The molecule has 0 radical (unpaired) electrons. The molecule has 0 saturated heterocycles. The molecule has 0 bridgehead atoms. The molecule has 2 aliphatic carbocycles. The van der Waals surface area contributed by atoms with E-state index in [1.807, 2.05) is 0 Å². The predicted molar refractivity (Wildman–Crippen MR) is 56.2 cm³/mol. The monoisotopic (exact) mass is 205 g/mol. The van der Waals surface area contributed by atoms with Crippen LogP contribution in [0.1, 0.15) is 38.5 Å². The summed E-state index contributed by atoms with van der Waals surface area (Å²) in [6, 6.07) is 0.317. The fourth-order valence-corrected chi connectivity index (χ4v) is 1.88. The minimum atomic E-state index is 0.